The fraction of sp³-hybridized carbons (Fsp3) is 0.250. The van der Waals surface area contributed by atoms with Crippen LogP contribution in [0, 0.1) is 0 Å². The van der Waals surface area contributed by atoms with Gasteiger partial charge in [0, 0.05) is 37.9 Å². The number of aryl methyl sites for hydroxylation is 2. The Morgan fingerprint density at radius 3 is 1.92 bits per heavy atom. The highest BCUT2D eigenvalue weighted by Crippen LogP contribution is 2.19. The average Bonchev–Trinajstić information content (AvgIpc) is 2.71. The van der Waals surface area contributed by atoms with Crippen LogP contribution >= 0.6 is 0 Å². The van der Waals surface area contributed by atoms with Gasteiger partial charge in [-0.3, -0.25) is 0 Å². The largest absolute Gasteiger partial charge is 0.327 e. The quantitative estimate of drug-likeness (QED) is 0.570. The van der Waals surface area contributed by atoms with Gasteiger partial charge in [-0.2, -0.15) is 0 Å². The summed E-state index contributed by atoms with van der Waals surface area (Å²) in [6, 6.07) is 0. The maximum Gasteiger partial charge on any atom is 0.176 e. The summed E-state index contributed by atoms with van der Waals surface area (Å²) in [4.78, 5) is 8.50. The smallest absolute Gasteiger partial charge is 0.176 e. The fourth-order valence-corrected chi connectivity index (χ4v) is 1.61. The number of nitrogens with zero attached hydrogens (tertiary/aromatic N) is 4. The molecule has 3 heterocycles. The molecule has 0 aliphatic carbocycles. The second-order valence-electron chi connectivity index (χ2n) is 2.89. The van der Waals surface area contributed by atoms with E-state index >= 15 is 0 Å². The van der Waals surface area contributed by atoms with Gasteiger partial charge in [0.25, 0.3) is 0 Å². The van der Waals surface area contributed by atoms with Crippen LogP contribution in [0.3, 0.4) is 0 Å². The van der Waals surface area contributed by atoms with Crippen LogP contribution < -0.4 is 0 Å². The van der Waals surface area contributed by atoms with Gasteiger partial charge in [-0.15, -0.1) is 0 Å². The van der Waals surface area contributed by atoms with E-state index in [1.54, 1.807) is 0 Å². The molecule has 0 bridgehead atoms. The molecule has 3 rings (SSSR count). The molecule has 0 saturated carbocycles. The minimum atomic E-state index is 0.978. The zero-order valence-electron chi connectivity index (χ0n) is 6.51. The first-order valence-electron chi connectivity index (χ1n) is 3.98. The summed E-state index contributed by atoms with van der Waals surface area (Å²) in [7, 11) is 0. The average molecular weight is 160 g/mol. The van der Waals surface area contributed by atoms with Gasteiger partial charge in [-0.1, -0.05) is 0 Å². The van der Waals surface area contributed by atoms with E-state index in [4.69, 9.17) is 0 Å². The molecule has 60 valence electrons. The molecule has 2 aromatic rings. The van der Waals surface area contributed by atoms with Gasteiger partial charge in [0.1, 0.15) is 0 Å². The molecule has 0 spiro atoms. The van der Waals surface area contributed by atoms with Crippen molar-refractivity contribution in [2.24, 2.45) is 0 Å². The molecule has 12 heavy (non-hydrogen) atoms. The van der Waals surface area contributed by atoms with E-state index in [0.717, 1.165) is 24.7 Å². The van der Waals surface area contributed by atoms with Crippen LogP contribution in [0.4, 0.5) is 0 Å². The third kappa shape index (κ3) is 0.617. The van der Waals surface area contributed by atoms with E-state index in [0.29, 0.717) is 0 Å². The van der Waals surface area contributed by atoms with Crippen molar-refractivity contribution in [2.45, 2.75) is 13.1 Å². The van der Waals surface area contributed by atoms with E-state index < -0.39 is 0 Å². The highest BCUT2D eigenvalue weighted by Gasteiger charge is 2.16. The van der Waals surface area contributed by atoms with Crippen LogP contribution in [-0.4, -0.2) is 19.1 Å². The van der Waals surface area contributed by atoms with Gasteiger partial charge in [0.2, 0.25) is 0 Å². The zero-order valence-corrected chi connectivity index (χ0v) is 6.51. The van der Waals surface area contributed by atoms with Crippen LogP contribution in [0.5, 0.6) is 0 Å². The van der Waals surface area contributed by atoms with Gasteiger partial charge in [0.05, 0.1) is 0 Å². The predicted octanol–water partition coefficient (Wildman–Crippen LogP) is 0.760. The van der Waals surface area contributed by atoms with Crippen LogP contribution in [0.25, 0.3) is 11.6 Å². The highest BCUT2D eigenvalue weighted by molar-refractivity contribution is 5.45. The summed E-state index contributed by atoms with van der Waals surface area (Å²) in [6.07, 6.45) is 7.63. The number of fused-ring (bicyclic) bond motifs is 3. The van der Waals surface area contributed by atoms with Crippen molar-refractivity contribution in [3.05, 3.63) is 24.8 Å². The molecule has 0 N–H and O–H groups in total. The second-order valence-corrected chi connectivity index (χ2v) is 2.89. The lowest BCUT2D eigenvalue weighted by Gasteiger charge is -2.15. The molecule has 0 atom stereocenters. The Labute approximate surface area is 69.5 Å². The molecular formula is C8H8N4. The van der Waals surface area contributed by atoms with Crippen molar-refractivity contribution >= 4 is 0 Å². The number of hydrogen-bond donors (Lipinski definition) is 0. The minimum Gasteiger partial charge on any atom is -0.327 e. The molecule has 0 radical (unpaired) electrons. The first-order chi connectivity index (χ1) is 5.95. The molecule has 0 unspecified atom stereocenters. The molecule has 0 saturated heterocycles. The van der Waals surface area contributed by atoms with Crippen molar-refractivity contribution in [3.8, 4) is 11.6 Å². The van der Waals surface area contributed by atoms with Crippen molar-refractivity contribution in [1.29, 1.82) is 0 Å². The maximum absolute atomic E-state index is 4.25. The lowest BCUT2D eigenvalue weighted by atomic mass is 10.4. The van der Waals surface area contributed by atoms with Crippen molar-refractivity contribution in [2.75, 3.05) is 0 Å². The Hall–Kier alpha value is -1.58. The monoisotopic (exact) mass is 160 g/mol. The Bertz CT molecular complexity index is 372. The predicted molar refractivity (Wildman–Crippen MR) is 43.4 cm³/mol. The third-order valence-electron chi connectivity index (χ3n) is 2.21. The number of aromatic nitrogens is 4. The summed E-state index contributed by atoms with van der Waals surface area (Å²) in [5.74, 6) is 1.96. The summed E-state index contributed by atoms with van der Waals surface area (Å²) in [6.45, 7) is 2.00. The molecule has 0 fully saturated rings. The van der Waals surface area contributed by atoms with Crippen LogP contribution in [0.1, 0.15) is 0 Å². The summed E-state index contributed by atoms with van der Waals surface area (Å²) in [5, 5.41) is 0. The Kier molecular flexibility index (Phi) is 0.983. The Balaban J connectivity index is 2.32. The number of rotatable bonds is 0. The first-order valence-corrected chi connectivity index (χ1v) is 3.98. The molecule has 1 aliphatic heterocycles. The lowest BCUT2D eigenvalue weighted by molar-refractivity contribution is 0.553. The summed E-state index contributed by atoms with van der Waals surface area (Å²) >= 11 is 0. The molecule has 4 heteroatoms. The Morgan fingerprint density at radius 2 is 1.42 bits per heavy atom. The topological polar surface area (TPSA) is 35.6 Å². The maximum atomic E-state index is 4.25. The fourth-order valence-electron chi connectivity index (χ4n) is 1.61. The van der Waals surface area contributed by atoms with E-state index in [1.165, 1.54) is 0 Å². The third-order valence-corrected chi connectivity index (χ3v) is 2.21. The molecule has 4 nitrogen and oxygen atoms in total. The normalized spacial score (nSPS) is 14.0. The Morgan fingerprint density at radius 1 is 0.917 bits per heavy atom. The summed E-state index contributed by atoms with van der Waals surface area (Å²) in [5.41, 5.74) is 0. The van der Waals surface area contributed by atoms with E-state index in [1.807, 2.05) is 24.8 Å². The van der Waals surface area contributed by atoms with E-state index in [2.05, 4.69) is 19.1 Å². The second kappa shape index (κ2) is 1.97. The highest BCUT2D eigenvalue weighted by atomic mass is 15.2. The van der Waals surface area contributed by atoms with Crippen molar-refractivity contribution < 1.29 is 0 Å². The van der Waals surface area contributed by atoms with Gasteiger partial charge < -0.3 is 9.13 Å². The minimum absolute atomic E-state index is 0.978. The van der Waals surface area contributed by atoms with Crippen LogP contribution in [0.2, 0.25) is 0 Å². The van der Waals surface area contributed by atoms with Crippen LogP contribution in [0.15, 0.2) is 24.8 Å². The SMILES string of the molecule is c1cn2c(n1)-c1nccn1CC2. The lowest BCUT2D eigenvalue weighted by Crippen LogP contribution is -2.15. The first kappa shape index (κ1) is 5.99. The molecule has 0 amide bonds. The zero-order chi connectivity index (χ0) is 7.97. The number of imidazole rings is 2. The van der Waals surface area contributed by atoms with Gasteiger partial charge >= 0.3 is 0 Å². The van der Waals surface area contributed by atoms with Gasteiger partial charge in [-0.25, -0.2) is 9.97 Å². The van der Waals surface area contributed by atoms with E-state index in [9.17, 15) is 0 Å². The molecule has 1 aliphatic rings. The summed E-state index contributed by atoms with van der Waals surface area (Å²) < 4.78 is 4.25. The number of hydrogen-bond acceptors (Lipinski definition) is 2. The van der Waals surface area contributed by atoms with E-state index in [-0.39, 0.29) is 0 Å². The van der Waals surface area contributed by atoms with Gasteiger partial charge in [-0.05, 0) is 0 Å². The standard InChI is InChI=1S/C8H8N4/c1-3-11-5-6-12-4-2-10-8(12)7(11)9-1/h1-4H,5-6H2. The molecule has 0 aromatic carbocycles. The van der Waals surface area contributed by atoms with Crippen molar-refractivity contribution in [1.82, 2.24) is 19.1 Å². The van der Waals surface area contributed by atoms with Gasteiger partial charge in [0.15, 0.2) is 11.6 Å². The van der Waals surface area contributed by atoms with Crippen molar-refractivity contribution in [3.63, 3.8) is 0 Å². The van der Waals surface area contributed by atoms with Crippen LogP contribution in [-0.2, 0) is 13.1 Å². The molecular weight excluding hydrogens is 152 g/mol. The molecule has 2 aromatic heterocycles.